The number of hydrogen-bond donors (Lipinski definition) is 0. The smallest absolute Gasteiger partial charge is 0.311 e. The van der Waals surface area contributed by atoms with Gasteiger partial charge in [0.2, 0.25) is 0 Å². The number of rotatable bonds is 4. The minimum Gasteiger partial charge on any atom is -0.466 e. The van der Waals surface area contributed by atoms with Gasteiger partial charge in [-0.1, -0.05) is 30.3 Å². The van der Waals surface area contributed by atoms with Crippen LogP contribution < -0.4 is 0 Å². The summed E-state index contributed by atoms with van der Waals surface area (Å²) in [6.07, 6.45) is 0. The monoisotopic (exact) mass is 289 g/mol. The van der Waals surface area contributed by atoms with Crippen LogP contribution in [-0.4, -0.2) is 43.8 Å². The van der Waals surface area contributed by atoms with Crippen molar-refractivity contribution in [1.29, 1.82) is 0 Å². The van der Waals surface area contributed by atoms with E-state index in [1.807, 2.05) is 13.0 Å². The minimum atomic E-state index is -0.0661. The zero-order valence-electron chi connectivity index (χ0n) is 12.7. The average molecular weight is 289 g/mol. The normalized spacial score (nSPS) is 25.5. The quantitative estimate of drug-likeness (QED) is 0.797. The summed E-state index contributed by atoms with van der Waals surface area (Å²) in [6.45, 7) is 7.53. The molecule has 0 saturated carbocycles. The topological polar surface area (TPSA) is 38.8 Å². The molecule has 2 heterocycles. The summed E-state index contributed by atoms with van der Waals surface area (Å²) in [4.78, 5) is 14.6. The predicted molar refractivity (Wildman–Crippen MR) is 79.8 cm³/mol. The SMILES string of the molecule is CCOC(=O)C1CN([C@H](C)c2ccccc2)CC12COC2. The molecule has 3 rings (SSSR count). The van der Waals surface area contributed by atoms with Gasteiger partial charge in [-0.2, -0.15) is 0 Å². The third kappa shape index (κ3) is 2.58. The number of likely N-dealkylation sites (tertiary alicyclic amines) is 1. The Hall–Kier alpha value is -1.39. The molecule has 0 aromatic heterocycles. The molecule has 114 valence electrons. The molecule has 21 heavy (non-hydrogen) atoms. The van der Waals surface area contributed by atoms with Gasteiger partial charge in [0.25, 0.3) is 0 Å². The van der Waals surface area contributed by atoms with Crippen LogP contribution in [0.1, 0.15) is 25.5 Å². The lowest BCUT2D eigenvalue weighted by Crippen LogP contribution is -2.51. The van der Waals surface area contributed by atoms with E-state index >= 15 is 0 Å². The van der Waals surface area contributed by atoms with Crippen molar-refractivity contribution in [2.75, 3.05) is 32.9 Å². The first-order valence-electron chi connectivity index (χ1n) is 7.70. The molecule has 2 aliphatic heterocycles. The standard InChI is InChI=1S/C17H23NO3/c1-3-21-16(19)15-9-18(10-17(15)11-20-12-17)13(2)14-7-5-4-6-8-14/h4-8,13,15H,3,9-12H2,1-2H3/t13-,15?/m1/s1. The second kappa shape index (κ2) is 5.78. The summed E-state index contributed by atoms with van der Waals surface area (Å²) in [5, 5.41) is 0. The fourth-order valence-corrected chi connectivity index (χ4v) is 3.47. The molecule has 2 saturated heterocycles. The first-order valence-corrected chi connectivity index (χ1v) is 7.70. The van der Waals surface area contributed by atoms with Gasteiger partial charge in [0.1, 0.15) is 0 Å². The Kier molecular flexibility index (Phi) is 4.00. The van der Waals surface area contributed by atoms with Crippen LogP contribution in [0.3, 0.4) is 0 Å². The Morgan fingerprint density at radius 3 is 2.71 bits per heavy atom. The van der Waals surface area contributed by atoms with Crippen LogP contribution in [0.4, 0.5) is 0 Å². The summed E-state index contributed by atoms with van der Waals surface area (Å²) in [6, 6.07) is 10.8. The second-order valence-electron chi connectivity index (χ2n) is 6.18. The second-order valence-corrected chi connectivity index (χ2v) is 6.18. The lowest BCUT2D eigenvalue weighted by Gasteiger charge is -2.41. The molecular formula is C17H23NO3. The van der Waals surface area contributed by atoms with Gasteiger partial charge in [-0.15, -0.1) is 0 Å². The van der Waals surface area contributed by atoms with E-state index in [9.17, 15) is 4.79 Å². The van der Waals surface area contributed by atoms with Crippen molar-refractivity contribution in [1.82, 2.24) is 4.90 Å². The molecule has 1 spiro atoms. The van der Waals surface area contributed by atoms with Gasteiger partial charge >= 0.3 is 5.97 Å². The number of carbonyl (C=O) groups is 1. The van der Waals surface area contributed by atoms with Gasteiger partial charge in [-0.3, -0.25) is 9.69 Å². The van der Waals surface area contributed by atoms with Crippen LogP contribution in [0.25, 0.3) is 0 Å². The van der Waals surface area contributed by atoms with Crippen molar-refractivity contribution in [3.8, 4) is 0 Å². The highest BCUT2D eigenvalue weighted by molar-refractivity contribution is 5.74. The summed E-state index contributed by atoms with van der Waals surface area (Å²) in [5.41, 5.74) is 1.26. The van der Waals surface area contributed by atoms with Gasteiger partial charge in [0.15, 0.2) is 0 Å². The Balaban J connectivity index is 1.76. The van der Waals surface area contributed by atoms with E-state index in [4.69, 9.17) is 9.47 Å². The highest BCUT2D eigenvalue weighted by Crippen LogP contribution is 2.45. The zero-order chi connectivity index (χ0) is 14.9. The van der Waals surface area contributed by atoms with Crippen molar-refractivity contribution < 1.29 is 14.3 Å². The summed E-state index contributed by atoms with van der Waals surface area (Å²) >= 11 is 0. The molecule has 1 aromatic rings. The fourth-order valence-electron chi connectivity index (χ4n) is 3.47. The first-order chi connectivity index (χ1) is 10.2. The van der Waals surface area contributed by atoms with Gasteiger partial charge in [0.05, 0.1) is 25.7 Å². The molecule has 2 atom stereocenters. The van der Waals surface area contributed by atoms with Crippen LogP contribution in [0.15, 0.2) is 30.3 Å². The van der Waals surface area contributed by atoms with Gasteiger partial charge in [-0.05, 0) is 19.4 Å². The lowest BCUT2D eigenvalue weighted by molar-refractivity contribution is -0.170. The van der Waals surface area contributed by atoms with E-state index in [1.165, 1.54) is 5.56 Å². The van der Waals surface area contributed by atoms with E-state index < -0.39 is 0 Å². The molecular weight excluding hydrogens is 266 g/mol. The average Bonchev–Trinajstić information content (AvgIpc) is 2.88. The molecule has 1 unspecified atom stereocenters. The maximum absolute atomic E-state index is 12.3. The third-order valence-corrected chi connectivity index (χ3v) is 4.85. The molecule has 1 aromatic carbocycles. The van der Waals surface area contributed by atoms with E-state index in [0.717, 1.165) is 13.1 Å². The maximum Gasteiger partial charge on any atom is 0.311 e. The fraction of sp³-hybridized carbons (Fsp3) is 0.588. The zero-order valence-corrected chi connectivity index (χ0v) is 12.7. The Labute approximate surface area is 126 Å². The van der Waals surface area contributed by atoms with Crippen LogP contribution in [0.5, 0.6) is 0 Å². The number of nitrogens with zero attached hydrogens (tertiary/aromatic N) is 1. The molecule has 4 nitrogen and oxygen atoms in total. The predicted octanol–water partition coefficient (Wildman–Crippen LogP) is 2.26. The van der Waals surface area contributed by atoms with Crippen molar-refractivity contribution >= 4 is 5.97 Å². The van der Waals surface area contributed by atoms with E-state index in [2.05, 4.69) is 36.1 Å². The largest absolute Gasteiger partial charge is 0.466 e. The maximum atomic E-state index is 12.3. The number of hydrogen-bond acceptors (Lipinski definition) is 4. The molecule has 0 N–H and O–H groups in total. The van der Waals surface area contributed by atoms with Crippen LogP contribution in [-0.2, 0) is 14.3 Å². The van der Waals surface area contributed by atoms with Crippen LogP contribution >= 0.6 is 0 Å². The number of benzene rings is 1. The van der Waals surface area contributed by atoms with Crippen molar-refractivity contribution in [2.24, 2.45) is 11.3 Å². The van der Waals surface area contributed by atoms with Gasteiger partial charge in [-0.25, -0.2) is 0 Å². The Morgan fingerprint density at radius 2 is 2.14 bits per heavy atom. The molecule has 2 aliphatic rings. The first kappa shape index (κ1) is 14.5. The van der Waals surface area contributed by atoms with Crippen molar-refractivity contribution in [3.05, 3.63) is 35.9 Å². The Morgan fingerprint density at radius 1 is 1.43 bits per heavy atom. The summed E-state index contributed by atoms with van der Waals surface area (Å²) in [5.74, 6) is -0.124. The van der Waals surface area contributed by atoms with E-state index in [0.29, 0.717) is 25.9 Å². The van der Waals surface area contributed by atoms with E-state index in [1.54, 1.807) is 0 Å². The van der Waals surface area contributed by atoms with Gasteiger partial charge in [0, 0.05) is 24.5 Å². The molecule has 0 radical (unpaired) electrons. The lowest BCUT2D eigenvalue weighted by atomic mass is 9.76. The molecule has 0 amide bonds. The molecule has 0 bridgehead atoms. The number of carbonyl (C=O) groups excluding carboxylic acids is 1. The third-order valence-electron chi connectivity index (χ3n) is 4.85. The highest BCUT2D eigenvalue weighted by Gasteiger charge is 2.56. The summed E-state index contributed by atoms with van der Waals surface area (Å²) in [7, 11) is 0. The van der Waals surface area contributed by atoms with Crippen LogP contribution in [0.2, 0.25) is 0 Å². The Bertz CT molecular complexity index is 498. The molecule has 2 fully saturated rings. The highest BCUT2D eigenvalue weighted by atomic mass is 16.5. The van der Waals surface area contributed by atoms with Crippen molar-refractivity contribution in [3.63, 3.8) is 0 Å². The van der Waals surface area contributed by atoms with E-state index in [-0.39, 0.29) is 17.3 Å². The summed E-state index contributed by atoms with van der Waals surface area (Å²) < 4.78 is 10.7. The number of esters is 1. The minimum absolute atomic E-state index is 0.0324. The van der Waals surface area contributed by atoms with Gasteiger partial charge < -0.3 is 9.47 Å². The van der Waals surface area contributed by atoms with Crippen molar-refractivity contribution in [2.45, 2.75) is 19.9 Å². The molecule has 0 aliphatic carbocycles. The number of ether oxygens (including phenoxy) is 2. The molecule has 4 heteroatoms. The van der Waals surface area contributed by atoms with Crippen LogP contribution in [0, 0.1) is 11.3 Å².